The maximum absolute atomic E-state index is 13.3. The summed E-state index contributed by atoms with van der Waals surface area (Å²) in [6.45, 7) is 0.676. The zero-order chi connectivity index (χ0) is 18.3. The minimum Gasteiger partial charge on any atom is -0.393 e. The van der Waals surface area contributed by atoms with Crippen molar-refractivity contribution in [1.82, 2.24) is 9.47 Å². The van der Waals surface area contributed by atoms with E-state index in [-0.39, 0.29) is 23.7 Å². The lowest BCUT2D eigenvalue weighted by molar-refractivity contribution is -0.0825. The number of carbonyl (C=O) groups excluding carboxylic acids is 1. The first-order chi connectivity index (χ1) is 12.6. The van der Waals surface area contributed by atoms with Gasteiger partial charge in [-0.3, -0.25) is 4.79 Å². The van der Waals surface area contributed by atoms with E-state index in [0.717, 1.165) is 30.5 Å². The van der Waals surface area contributed by atoms with Crippen LogP contribution in [0.15, 0.2) is 42.5 Å². The average molecular weight is 354 g/mol. The van der Waals surface area contributed by atoms with Crippen molar-refractivity contribution < 1.29 is 14.6 Å². The summed E-state index contributed by atoms with van der Waals surface area (Å²) >= 11 is 0. The molecule has 1 aromatic carbocycles. The van der Waals surface area contributed by atoms with Crippen molar-refractivity contribution in [2.45, 2.75) is 43.4 Å². The molecule has 1 saturated heterocycles. The number of fused-ring (bicyclic) bond motifs is 1. The standard InChI is InChI=1S/C21H26N2O3/c1-22-17(15-6-4-3-5-7-15)8-9-18(22)20(25)23-13-12-21(26-2)11-10-16(24)14-19(21)23/h3-9,16,19,24H,10-14H2,1-2H3/t16-,19+,21-/m1/s1. The van der Waals surface area contributed by atoms with Crippen LogP contribution in [0.25, 0.3) is 11.3 Å². The highest BCUT2D eigenvalue weighted by molar-refractivity contribution is 5.94. The molecule has 5 nitrogen and oxygen atoms in total. The fraction of sp³-hybridized carbons (Fsp3) is 0.476. The van der Waals surface area contributed by atoms with Crippen LogP contribution in [-0.4, -0.2) is 51.9 Å². The van der Waals surface area contributed by atoms with E-state index in [1.54, 1.807) is 7.11 Å². The lowest BCUT2D eigenvalue weighted by Gasteiger charge is -2.42. The number of ether oxygens (including phenoxy) is 1. The van der Waals surface area contributed by atoms with Crippen molar-refractivity contribution in [2.75, 3.05) is 13.7 Å². The lowest BCUT2D eigenvalue weighted by Crippen LogP contribution is -2.53. The number of methoxy groups -OCH3 is 1. The number of aliphatic hydroxyl groups excluding tert-OH is 1. The summed E-state index contributed by atoms with van der Waals surface area (Å²) in [7, 11) is 3.67. The van der Waals surface area contributed by atoms with E-state index in [1.165, 1.54) is 0 Å². The van der Waals surface area contributed by atoms with E-state index >= 15 is 0 Å². The van der Waals surface area contributed by atoms with E-state index in [4.69, 9.17) is 4.74 Å². The van der Waals surface area contributed by atoms with E-state index in [2.05, 4.69) is 0 Å². The highest BCUT2D eigenvalue weighted by atomic mass is 16.5. The zero-order valence-corrected chi connectivity index (χ0v) is 15.4. The molecule has 2 fully saturated rings. The number of amides is 1. The third-order valence-electron chi connectivity index (χ3n) is 6.23. The number of rotatable bonds is 3. The van der Waals surface area contributed by atoms with Crippen LogP contribution in [0.2, 0.25) is 0 Å². The summed E-state index contributed by atoms with van der Waals surface area (Å²) in [6.07, 6.45) is 2.62. The molecular formula is C21H26N2O3. The Hall–Kier alpha value is -2.11. The highest BCUT2D eigenvalue weighted by Gasteiger charge is 2.52. The summed E-state index contributed by atoms with van der Waals surface area (Å²) < 4.78 is 7.82. The molecule has 4 rings (SSSR count). The minimum absolute atomic E-state index is 0.0210. The van der Waals surface area contributed by atoms with Gasteiger partial charge >= 0.3 is 0 Å². The molecule has 2 heterocycles. The Morgan fingerprint density at radius 2 is 1.96 bits per heavy atom. The molecule has 2 aromatic rings. The summed E-state index contributed by atoms with van der Waals surface area (Å²) in [4.78, 5) is 15.2. The number of carbonyl (C=O) groups is 1. The first-order valence-corrected chi connectivity index (χ1v) is 9.31. The topological polar surface area (TPSA) is 54.7 Å². The van der Waals surface area contributed by atoms with Gasteiger partial charge in [0.05, 0.1) is 17.7 Å². The van der Waals surface area contributed by atoms with Crippen molar-refractivity contribution in [2.24, 2.45) is 7.05 Å². The Kier molecular flexibility index (Phi) is 4.37. The summed E-state index contributed by atoms with van der Waals surface area (Å²) in [5, 5.41) is 10.1. The second kappa shape index (κ2) is 6.56. The molecule has 26 heavy (non-hydrogen) atoms. The molecule has 1 aliphatic carbocycles. The monoisotopic (exact) mass is 354 g/mol. The van der Waals surface area contributed by atoms with Crippen molar-refractivity contribution in [3.05, 3.63) is 48.2 Å². The fourth-order valence-electron chi connectivity index (χ4n) is 4.69. The molecule has 138 valence electrons. The number of benzene rings is 1. The van der Waals surface area contributed by atoms with Crippen molar-refractivity contribution >= 4 is 5.91 Å². The van der Waals surface area contributed by atoms with Crippen molar-refractivity contribution in [1.29, 1.82) is 0 Å². The Balaban J connectivity index is 1.63. The van der Waals surface area contributed by atoms with Gasteiger partial charge in [0, 0.05) is 26.4 Å². The minimum atomic E-state index is -0.357. The van der Waals surface area contributed by atoms with Gasteiger partial charge in [-0.1, -0.05) is 30.3 Å². The number of aliphatic hydroxyl groups is 1. The predicted octanol–water partition coefficient (Wildman–Crippen LogP) is 2.84. The molecule has 0 unspecified atom stereocenters. The van der Waals surface area contributed by atoms with E-state index < -0.39 is 0 Å². The third kappa shape index (κ3) is 2.66. The lowest BCUT2D eigenvalue weighted by atomic mass is 9.79. The maximum atomic E-state index is 13.3. The van der Waals surface area contributed by atoms with Crippen LogP contribution >= 0.6 is 0 Å². The van der Waals surface area contributed by atoms with Crippen molar-refractivity contribution in [3.63, 3.8) is 0 Å². The van der Waals surface area contributed by atoms with Gasteiger partial charge in [-0.25, -0.2) is 0 Å². The Morgan fingerprint density at radius 1 is 1.19 bits per heavy atom. The first-order valence-electron chi connectivity index (χ1n) is 9.31. The molecule has 1 saturated carbocycles. The van der Waals surface area contributed by atoms with Crippen LogP contribution in [0.5, 0.6) is 0 Å². The number of likely N-dealkylation sites (tertiary alicyclic amines) is 1. The molecule has 5 heteroatoms. The quantitative estimate of drug-likeness (QED) is 0.922. The number of aromatic nitrogens is 1. The summed E-state index contributed by atoms with van der Waals surface area (Å²) in [6, 6.07) is 13.9. The Labute approximate surface area is 154 Å². The van der Waals surface area contributed by atoms with Crippen LogP contribution in [0.1, 0.15) is 36.2 Å². The van der Waals surface area contributed by atoms with Gasteiger partial charge in [0.25, 0.3) is 5.91 Å². The van der Waals surface area contributed by atoms with E-state index in [0.29, 0.717) is 18.7 Å². The molecule has 2 aliphatic rings. The Morgan fingerprint density at radius 3 is 2.69 bits per heavy atom. The smallest absolute Gasteiger partial charge is 0.270 e. The van der Waals surface area contributed by atoms with Gasteiger partial charge in [-0.15, -0.1) is 0 Å². The van der Waals surface area contributed by atoms with E-state index in [9.17, 15) is 9.90 Å². The SMILES string of the molecule is CO[C@@]12CC[C@@H](O)C[C@@H]1N(C(=O)c1ccc(-c3ccccc3)n1C)CC2. The van der Waals surface area contributed by atoms with Crippen LogP contribution in [0.3, 0.4) is 0 Å². The number of nitrogens with zero attached hydrogens (tertiary/aromatic N) is 2. The highest BCUT2D eigenvalue weighted by Crippen LogP contribution is 2.43. The number of hydrogen-bond donors (Lipinski definition) is 1. The van der Waals surface area contributed by atoms with Crippen LogP contribution < -0.4 is 0 Å². The van der Waals surface area contributed by atoms with Gasteiger partial charge in [-0.2, -0.15) is 0 Å². The van der Waals surface area contributed by atoms with Crippen LogP contribution in [0.4, 0.5) is 0 Å². The number of hydrogen-bond acceptors (Lipinski definition) is 3. The average Bonchev–Trinajstić information content (AvgIpc) is 3.23. The predicted molar refractivity (Wildman–Crippen MR) is 99.9 cm³/mol. The maximum Gasteiger partial charge on any atom is 0.270 e. The van der Waals surface area contributed by atoms with Gasteiger partial charge in [-0.05, 0) is 43.4 Å². The molecule has 1 amide bonds. The first kappa shape index (κ1) is 17.3. The van der Waals surface area contributed by atoms with Gasteiger partial charge < -0.3 is 19.3 Å². The largest absolute Gasteiger partial charge is 0.393 e. The van der Waals surface area contributed by atoms with Gasteiger partial charge in [0.1, 0.15) is 5.69 Å². The Bertz CT molecular complexity index is 801. The van der Waals surface area contributed by atoms with Crippen LogP contribution in [0, 0.1) is 0 Å². The fourth-order valence-corrected chi connectivity index (χ4v) is 4.69. The summed E-state index contributed by atoms with van der Waals surface area (Å²) in [5.41, 5.74) is 2.49. The molecule has 1 N–H and O–H groups in total. The second-order valence-electron chi connectivity index (χ2n) is 7.49. The normalized spacial score (nSPS) is 28.2. The molecule has 3 atom stereocenters. The van der Waals surface area contributed by atoms with Crippen LogP contribution in [-0.2, 0) is 11.8 Å². The third-order valence-corrected chi connectivity index (χ3v) is 6.23. The zero-order valence-electron chi connectivity index (χ0n) is 15.4. The van der Waals surface area contributed by atoms with Crippen molar-refractivity contribution in [3.8, 4) is 11.3 Å². The molecule has 0 radical (unpaired) electrons. The molecule has 0 spiro atoms. The molecule has 0 bridgehead atoms. The molecule has 1 aliphatic heterocycles. The molecular weight excluding hydrogens is 328 g/mol. The van der Waals surface area contributed by atoms with Gasteiger partial charge in [0.15, 0.2) is 0 Å². The van der Waals surface area contributed by atoms with E-state index in [1.807, 2.05) is 59.0 Å². The van der Waals surface area contributed by atoms with Gasteiger partial charge in [0.2, 0.25) is 0 Å². The molecule has 1 aromatic heterocycles. The summed E-state index contributed by atoms with van der Waals surface area (Å²) in [5.74, 6) is 0.0210. The second-order valence-corrected chi connectivity index (χ2v) is 7.49.